The molecule has 0 spiro atoms. The summed E-state index contributed by atoms with van der Waals surface area (Å²) in [7, 11) is 0. The van der Waals surface area contributed by atoms with Gasteiger partial charge in [-0.15, -0.1) is 0 Å². The van der Waals surface area contributed by atoms with Gasteiger partial charge in [-0.25, -0.2) is 9.97 Å². The summed E-state index contributed by atoms with van der Waals surface area (Å²) in [5, 5.41) is 3.53. The molecule has 1 aromatic carbocycles. The first-order valence-corrected chi connectivity index (χ1v) is 10.6. The number of ether oxygens (including phenoxy) is 1. The van der Waals surface area contributed by atoms with Crippen LogP contribution in [0.2, 0.25) is 0 Å². The molecule has 2 atom stereocenters. The van der Waals surface area contributed by atoms with Crippen LogP contribution in [0.5, 0.6) is 0 Å². The van der Waals surface area contributed by atoms with Crippen LogP contribution in [0.15, 0.2) is 42.7 Å². The topological polar surface area (TPSA) is 50.3 Å². The molecular weight excluding hydrogens is 344 g/mol. The first kappa shape index (κ1) is 17.6. The summed E-state index contributed by atoms with van der Waals surface area (Å²) >= 11 is 2.01. The molecule has 1 aromatic heterocycles. The van der Waals surface area contributed by atoms with Crippen molar-refractivity contribution in [2.75, 3.05) is 48.0 Å². The first-order valence-electron chi connectivity index (χ1n) is 9.45. The summed E-state index contributed by atoms with van der Waals surface area (Å²) in [6.07, 6.45) is 4.13. The average molecular weight is 371 g/mol. The third-order valence-electron chi connectivity index (χ3n) is 5.11. The van der Waals surface area contributed by atoms with Gasteiger partial charge in [-0.1, -0.05) is 30.3 Å². The third-order valence-corrected chi connectivity index (χ3v) is 6.05. The zero-order valence-electron chi connectivity index (χ0n) is 15.0. The molecule has 0 radical (unpaired) electrons. The van der Waals surface area contributed by atoms with E-state index in [4.69, 9.17) is 4.74 Å². The quantitative estimate of drug-likeness (QED) is 0.868. The molecule has 2 aliphatic rings. The van der Waals surface area contributed by atoms with Gasteiger partial charge >= 0.3 is 0 Å². The molecule has 2 saturated heterocycles. The summed E-state index contributed by atoms with van der Waals surface area (Å²) in [4.78, 5) is 11.2. The van der Waals surface area contributed by atoms with E-state index in [2.05, 4.69) is 56.6 Å². The predicted octanol–water partition coefficient (Wildman–Crippen LogP) is 3.61. The Morgan fingerprint density at radius 3 is 2.85 bits per heavy atom. The minimum atomic E-state index is 0.165. The maximum Gasteiger partial charge on any atom is 0.134 e. The molecule has 5 nitrogen and oxygen atoms in total. The number of thioether (sulfide) groups is 1. The van der Waals surface area contributed by atoms with Gasteiger partial charge in [0.15, 0.2) is 0 Å². The van der Waals surface area contributed by atoms with E-state index >= 15 is 0 Å². The van der Waals surface area contributed by atoms with Crippen molar-refractivity contribution in [2.45, 2.75) is 18.9 Å². The molecule has 26 heavy (non-hydrogen) atoms. The largest absolute Gasteiger partial charge is 0.373 e. The van der Waals surface area contributed by atoms with Crippen LogP contribution in [0.4, 0.5) is 11.6 Å². The van der Waals surface area contributed by atoms with Crippen LogP contribution in [0, 0.1) is 5.92 Å². The molecule has 4 rings (SSSR count). The van der Waals surface area contributed by atoms with Crippen molar-refractivity contribution in [3.63, 3.8) is 0 Å². The highest BCUT2D eigenvalue weighted by molar-refractivity contribution is 7.99. The number of rotatable bonds is 5. The normalized spacial score (nSPS) is 23.6. The van der Waals surface area contributed by atoms with Crippen LogP contribution in [0.25, 0.3) is 0 Å². The molecule has 0 bridgehead atoms. The van der Waals surface area contributed by atoms with Crippen LogP contribution in [-0.2, 0) is 4.74 Å². The maximum absolute atomic E-state index is 6.10. The van der Waals surface area contributed by atoms with Gasteiger partial charge in [0.25, 0.3) is 0 Å². The van der Waals surface area contributed by atoms with E-state index in [0.29, 0.717) is 5.92 Å². The molecule has 6 heteroatoms. The third kappa shape index (κ3) is 4.30. The molecule has 0 amide bonds. The van der Waals surface area contributed by atoms with Crippen molar-refractivity contribution in [3.05, 3.63) is 48.3 Å². The molecule has 2 aromatic rings. The van der Waals surface area contributed by atoms with Crippen LogP contribution in [0.1, 0.15) is 24.5 Å². The monoisotopic (exact) mass is 370 g/mol. The molecule has 0 saturated carbocycles. The lowest BCUT2D eigenvalue weighted by atomic mass is 9.89. The molecule has 2 fully saturated rings. The van der Waals surface area contributed by atoms with Gasteiger partial charge in [0.2, 0.25) is 0 Å². The summed E-state index contributed by atoms with van der Waals surface area (Å²) in [6, 6.07) is 12.6. The lowest BCUT2D eigenvalue weighted by Gasteiger charge is -2.32. The number of nitrogens with one attached hydrogen (secondary N) is 1. The van der Waals surface area contributed by atoms with Gasteiger partial charge < -0.3 is 15.0 Å². The van der Waals surface area contributed by atoms with Gasteiger partial charge in [-0.05, 0) is 18.4 Å². The Morgan fingerprint density at radius 1 is 1.15 bits per heavy atom. The minimum Gasteiger partial charge on any atom is -0.373 e. The van der Waals surface area contributed by atoms with Gasteiger partial charge in [-0.2, -0.15) is 11.8 Å². The number of benzene rings is 1. The van der Waals surface area contributed by atoms with E-state index in [1.54, 1.807) is 6.33 Å². The molecule has 2 aliphatic heterocycles. The Labute approximate surface area is 159 Å². The zero-order valence-corrected chi connectivity index (χ0v) is 15.8. The lowest BCUT2D eigenvalue weighted by Crippen LogP contribution is -2.33. The SMILES string of the molecule is c1ccc(C2OCCCC2CNc2cc(N3CCSCC3)ncn2)cc1. The fraction of sp³-hybridized carbons (Fsp3) is 0.500. The summed E-state index contributed by atoms with van der Waals surface area (Å²) in [5.41, 5.74) is 1.27. The Morgan fingerprint density at radius 2 is 2.00 bits per heavy atom. The second-order valence-corrected chi connectivity index (χ2v) is 8.07. The van der Waals surface area contributed by atoms with Crippen LogP contribution < -0.4 is 10.2 Å². The van der Waals surface area contributed by atoms with E-state index < -0.39 is 0 Å². The molecular formula is C20H26N4OS. The number of hydrogen-bond donors (Lipinski definition) is 1. The average Bonchev–Trinajstić information content (AvgIpc) is 2.74. The smallest absolute Gasteiger partial charge is 0.134 e. The van der Waals surface area contributed by atoms with E-state index in [0.717, 1.165) is 44.3 Å². The Bertz CT molecular complexity index is 693. The van der Waals surface area contributed by atoms with Crippen molar-refractivity contribution in [1.29, 1.82) is 0 Å². The van der Waals surface area contributed by atoms with E-state index in [9.17, 15) is 0 Å². The van der Waals surface area contributed by atoms with Gasteiger partial charge in [0.05, 0.1) is 6.10 Å². The lowest BCUT2D eigenvalue weighted by molar-refractivity contribution is -0.0238. The molecule has 1 N–H and O–H groups in total. The Kier molecular flexibility index (Phi) is 5.92. The Balaban J connectivity index is 1.41. The highest BCUT2D eigenvalue weighted by atomic mass is 32.2. The number of aromatic nitrogens is 2. The van der Waals surface area contributed by atoms with Crippen molar-refractivity contribution in [3.8, 4) is 0 Å². The predicted molar refractivity (Wildman–Crippen MR) is 108 cm³/mol. The number of anilines is 2. The second kappa shape index (κ2) is 8.73. The standard InChI is InChI=1S/C20H26N4OS/c1-2-5-16(6-3-1)20-17(7-4-10-25-20)14-21-18-13-19(23-15-22-18)24-8-11-26-12-9-24/h1-3,5-6,13,15,17,20H,4,7-12,14H2,(H,21,22,23). The van der Waals surface area contributed by atoms with Crippen molar-refractivity contribution < 1.29 is 4.74 Å². The second-order valence-electron chi connectivity index (χ2n) is 6.85. The molecule has 3 heterocycles. The van der Waals surface area contributed by atoms with Crippen LogP contribution in [-0.4, -0.2) is 47.7 Å². The fourth-order valence-corrected chi connectivity index (χ4v) is 4.61. The Hall–Kier alpha value is -1.79. The summed E-state index contributed by atoms with van der Waals surface area (Å²) < 4.78 is 6.10. The molecule has 2 unspecified atom stereocenters. The van der Waals surface area contributed by atoms with Gasteiger partial charge in [0, 0.05) is 49.7 Å². The van der Waals surface area contributed by atoms with Crippen LogP contribution in [0.3, 0.4) is 0 Å². The van der Waals surface area contributed by atoms with Gasteiger partial charge in [0.1, 0.15) is 18.0 Å². The van der Waals surface area contributed by atoms with E-state index in [1.807, 2.05) is 11.8 Å². The van der Waals surface area contributed by atoms with Crippen molar-refractivity contribution in [2.24, 2.45) is 5.92 Å². The summed E-state index contributed by atoms with van der Waals surface area (Å²) in [5.74, 6) is 4.74. The zero-order chi connectivity index (χ0) is 17.6. The van der Waals surface area contributed by atoms with Crippen molar-refractivity contribution >= 4 is 23.4 Å². The molecule has 138 valence electrons. The highest BCUT2D eigenvalue weighted by Gasteiger charge is 2.27. The maximum atomic E-state index is 6.10. The number of nitrogens with zero attached hydrogens (tertiary/aromatic N) is 3. The first-order chi connectivity index (χ1) is 12.9. The highest BCUT2D eigenvalue weighted by Crippen LogP contribution is 2.33. The van der Waals surface area contributed by atoms with E-state index in [-0.39, 0.29) is 6.10 Å². The minimum absolute atomic E-state index is 0.165. The number of hydrogen-bond acceptors (Lipinski definition) is 6. The van der Waals surface area contributed by atoms with Crippen LogP contribution >= 0.6 is 11.8 Å². The summed E-state index contributed by atoms with van der Waals surface area (Å²) in [6.45, 7) is 3.84. The van der Waals surface area contributed by atoms with Gasteiger partial charge in [-0.3, -0.25) is 0 Å². The fourth-order valence-electron chi connectivity index (χ4n) is 3.71. The van der Waals surface area contributed by atoms with E-state index in [1.165, 1.54) is 23.5 Å². The molecule has 0 aliphatic carbocycles. The van der Waals surface area contributed by atoms with Crippen molar-refractivity contribution in [1.82, 2.24) is 9.97 Å².